The fraction of sp³-hybridized carbons (Fsp3) is 0.0588. The minimum atomic E-state index is 0.423. The molecule has 6 heteroatoms. The molecule has 0 N–H and O–H groups in total. The third kappa shape index (κ3) is 4.12. The Morgan fingerprint density at radius 3 is 1.83 bits per heavy atom. The molecule has 0 spiro atoms. The molecule has 1 aromatic carbocycles. The van der Waals surface area contributed by atoms with Crippen molar-refractivity contribution < 1.29 is 9.47 Å². The lowest BCUT2D eigenvalue weighted by molar-refractivity contribution is 0.401. The summed E-state index contributed by atoms with van der Waals surface area (Å²) in [6, 6.07) is 12.4. The van der Waals surface area contributed by atoms with E-state index in [1.54, 1.807) is 24.3 Å². The molecule has 23 heavy (non-hydrogen) atoms. The first kappa shape index (κ1) is 15.6. The largest absolute Gasteiger partial charge is 0.435 e. The van der Waals surface area contributed by atoms with Crippen LogP contribution in [-0.2, 0) is 0 Å². The van der Waals surface area contributed by atoms with Gasteiger partial charge in [0.05, 0.1) is 10.0 Å². The van der Waals surface area contributed by atoms with E-state index in [1.807, 2.05) is 25.1 Å². The van der Waals surface area contributed by atoms with E-state index in [4.69, 9.17) is 32.7 Å². The molecule has 0 saturated carbocycles. The van der Waals surface area contributed by atoms with Crippen LogP contribution in [-0.4, -0.2) is 9.97 Å². The number of aryl methyl sites for hydroxylation is 1. The van der Waals surface area contributed by atoms with Crippen LogP contribution in [0.15, 0.2) is 54.9 Å². The third-order valence-corrected chi connectivity index (χ3v) is 3.38. The Bertz CT molecular complexity index is 806. The first-order valence-corrected chi connectivity index (χ1v) is 7.55. The van der Waals surface area contributed by atoms with E-state index in [0.29, 0.717) is 33.3 Å². The Morgan fingerprint density at radius 2 is 1.30 bits per heavy atom. The Labute approximate surface area is 143 Å². The van der Waals surface area contributed by atoms with Gasteiger partial charge in [-0.2, -0.15) is 0 Å². The minimum absolute atomic E-state index is 0.423. The number of halogens is 2. The molecule has 0 bridgehead atoms. The second kappa shape index (κ2) is 6.86. The van der Waals surface area contributed by atoms with Gasteiger partial charge >= 0.3 is 0 Å². The Kier molecular flexibility index (Phi) is 4.65. The highest BCUT2D eigenvalue weighted by atomic mass is 35.5. The summed E-state index contributed by atoms with van der Waals surface area (Å²) in [4.78, 5) is 8.23. The molecule has 116 valence electrons. The predicted octanol–water partition coefficient (Wildman–Crippen LogP) is 5.68. The molecule has 0 radical (unpaired) electrons. The van der Waals surface area contributed by atoms with Gasteiger partial charge in [0.1, 0.15) is 0 Å². The van der Waals surface area contributed by atoms with Crippen LogP contribution in [0.4, 0.5) is 0 Å². The zero-order valence-corrected chi connectivity index (χ0v) is 13.7. The van der Waals surface area contributed by atoms with Crippen molar-refractivity contribution in [2.24, 2.45) is 0 Å². The van der Waals surface area contributed by atoms with Crippen LogP contribution in [0, 0.1) is 6.92 Å². The molecular weight excluding hydrogens is 335 g/mol. The minimum Gasteiger partial charge on any atom is -0.435 e. The molecule has 0 fully saturated rings. The molecule has 0 atom stereocenters. The van der Waals surface area contributed by atoms with Crippen molar-refractivity contribution in [2.75, 3.05) is 0 Å². The summed E-state index contributed by atoms with van der Waals surface area (Å²) >= 11 is 11.7. The summed E-state index contributed by atoms with van der Waals surface area (Å²) in [7, 11) is 0. The maximum Gasteiger partial charge on any atom is 0.219 e. The highest BCUT2D eigenvalue weighted by molar-refractivity contribution is 6.30. The molecule has 2 heterocycles. The van der Waals surface area contributed by atoms with Gasteiger partial charge in [0, 0.05) is 24.5 Å². The van der Waals surface area contributed by atoms with Crippen molar-refractivity contribution in [2.45, 2.75) is 6.92 Å². The van der Waals surface area contributed by atoms with Crippen LogP contribution >= 0.6 is 23.2 Å². The lowest BCUT2D eigenvalue weighted by atomic mass is 10.2. The molecule has 0 aliphatic rings. The zero-order valence-electron chi connectivity index (χ0n) is 12.2. The number of hydrogen-bond acceptors (Lipinski definition) is 4. The monoisotopic (exact) mass is 346 g/mol. The van der Waals surface area contributed by atoms with Crippen molar-refractivity contribution in [1.29, 1.82) is 0 Å². The average Bonchev–Trinajstić information content (AvgIpc) is 2.54. The molecule has 2 aromatic heterocycles. The van der Waals surface area contributed by atoms with E-state index in [9.17, 15) is 0 Å². The summed E-state index contributed by atoms with van der Waals surface area (Å²) in [5.74, 6) is 1.92. The first-order chi connectivity index (χ1) is 11.1. The number of pyridine rings is 2. The second-order valence-corrected chi connectivity index (χ2v) is 5.66. The van der Waals surface area contributed by atoms with Gasteiger partial charge in [-0.25, -0.2) is 9.97 Å². The fourth-order valence-electron chi connectivity index (χ4n) is 1.85. The quantitative estimate of drug-likeness (QED) is 0.609. The van der Waals surface area contributed by atoms with E-state index in [2.05, 4.69) is 9.97 Å². The van der Waals surface area contributed by atoms with E-state index >= 15 is 0 Å². The number of aromatic nitrogens is 2. The van der Waals surface area contributed by atoms with Crippen LogP contribution < -0.4 is 9.47 Å². The van der Waals surface area contributed by atoms with Gasteiger partial charge in [0.25, 0.3) is 0 Å². The number of benzene rings is 1. The van der Waals surface area contributed by atoms with Crippen molar-refractivity contribution >= 4 is 23.2 Å². The number of ether oxygens (including phenoxy) is 2. The summed E-state index contributed by atoms with van der Waals surface area (Å²) in [6.07, 6.45) is 3.04. The summed E-state index contributed by atoms with van der Waals surface area (Å²) in [5, 5.41) is 1.09. The van der Waals surface area contributed by atoms with Gasteiger partial charge in [0.15, 0.2) is 11.5 Å². The highest BCUT2D eigenvalue weighted by Crippen LogP contribution is 2.34. The van der Waals surface area contributed by atoms with Crippen molar-refractivity contribution in [3.63, 3.8) is 0 Å². The fourth-order valence-corrected chi connectivity index (χ4v) is 2.07. The van der Waals surface area contributed by atoms with Gasteiger partial charge < -0.3 is 9.47 Å². The molecule has 0 aliphatic heterocycles. The Hall–Kier alpha value is -2.30. The van der Waals surface area contributed by atoms with Crippen LogP contribution in [0.25, 0.3) is 0 Å². The molecule has 4 nitrogen and oxygen atoms in total. The summed E-state index contributed by atoms with van der Waals surface area (Å²) in [5.41, 5.74) is 1.03. The van der Waals surface area contributed by atoms with Crippen LogP contribution in [0.5, 0.6) is 23.3 Å². The summed E-state index contributed by atoms with van der Waals surface area (Å²) in [6.45, 7) is 1.96. The van der Waals surface area contributed by atoms with Gasteiger partial charge in [-0.05, 0) is 36.8 Å². The Morgan fingerprint density at radius 1 is 0.739 bits per heavy atom. The van der Waals surface area contributed by atoms with E-state index in [0.717, 1.165) is 5.56 Å². The van der Waals surface area contributed by atoms with Gasteiger partial charge in [-0.3, -0.25) is 0 Å². The Balaban J connectivity index is 1.88. The number of nitrogens with zero attached hydrogens (tertiary/aromatic N) is 2. The molecule has 0 unspecified atom stereocenters. The normalized spacial score (nSPS) is 10.4. The molecule has 0 saturated heterocycles. The van der Waals surface area contributed by atoms with E-state index in [-0.39, 0.29) is 0 Å². The second-order valence-electron chi connectivity index (χ2n) is 4.78. The molecule has 3 rings (SSSR count). The van der Waals surface area contributed by atoms with Crippen molar-refractivity contribution in [3.8, 4) is 23.3 Å². The smallest absolute Gasteiger partial charge is 0.219 e. The van der Waals surface area contributed by atoms with E-state index in [1.165, 1.54) is 12.4 Å². The van der Waals surface area contributed by atoms with Crippen LogP contribution in [0.3, 0.4) is 0 Å². The summed E-state index contributed by atoms with van der Waals surface area (Å²) < 4.78 is 11.6. The molecule has 0 amide bonds. The SMILES string of the molecule is Cc1ccc(Oc2ccc(Cl)cn2)c(Oc2ccc(Cl)cn2)c1. The molecule has 3 aromatic rings. The maximum absolute atomic E-state index is 5.83. The topological polar surface area (TPSA) is 44.2 Å². The predicted molar refractivity (Wildman–Crippen MR) is 89.8 cm³/mol. The number of hydrogen-bond donors (Lipinski definition) is 0. The van der Waals surface area contributed by atoms with Gasteiger partial charge in [0.2, 0.25) is 11.8 Å². The van der Waals surface area contributed by atoms with Gasteiger partial charge in [-0.15, -0.1) is 0 Å². The number of rotatable bonds is 4. The highest BCUT2D eigenvalue weighted by Gasteiger charge is 2.10. The van der Waals surface area contributed by atoms with Gasteiger partial charge in [-0.1, -0.05) is 29.3 Å². The first-order valence-electron chi connectivity index (χ1n) is 6.79. The third-order valence-electron chi connectivity index (χ3n) is 2.93. The molecule has 0 aliphatic carbocycles. The zero-order chi connectivity index (χ0) is 16.2. The molecular formula is C17H12Cl2N2O2. The van der Waals surface area contributed by atoms with Crippen LogP contribution in [0.1, 0.15) is 5.56 Å². The maximum atomic E-state index is 5.83. The van der Waals surface area contributed by atoms with Crippen molar-refractivity contribution in [1.82, 2.24) is 9.97 Å². The van der Waals surface area contributed by atoms with Crippen molar-refractivity contribution in [3.05, 3.63) is 70.5 Å². The average molecular weight is 347 g/mol. The van der Waals surface area contributed by atoms with E-state index < -0.39 is 0 Å². The van der Waals surface area contributed by atoms with Crippen LogP contribution in [0.2, 0.25) is 10.0 Å². The lowest BCUT2D eigenvalue weighted by Crippen LogP contribution is -1.93. The standard InChI is InChI=1S/C17H12Cl2N2O2/c1-11-2-5-14(22-16-6-3-12(18)9-20-16)15(8-11)23-17-7-4-13(19)10-21-17/h2-10H,1H3. The lowest BCUT2D eigenvalue weighted by Gasteiger charge is -2.12.